The van der Waals surface area contributed by atoms with Gasteiger partial charge in [0, 0.05) is 26.9 Å². The van der Waals surface area contributed by atoms with Gasteiger partial charge in [0.15, 0.2) is 0 Å². The van der Waals surface area contributed by atoms with Crippen molar-refractivity contribution in [2.75, 3.05) is 31.2 Å². The van der Waals surface area contributed by atoms with Crippen molar-refractivity contribution in [1.29, 1.82) is 0 Å². The molecule has 0 bridgehead atoms. The van der Waals surface area contributed by atoms with Gasteiger partial charge in [-0.3, -0.25) is 15.2 Å². The molecular weight excluding hydrogens is 322 g/mol. The van der Waals surface area contributed by atoms with Gasteiger partial charge >= 0.3 is 0 Å². The van der Waals surface area contributed by atoms with Gasteiger partial charge in [-0.2, -0.15) is 0 Å². The molecule has 1 aromatic rings. The van der Waals surface area contributed by atoms with Gasteiger partial charge in [-0.05, 0) is 62.2 Å². The molecule has 1 aliphatic carbocycles. The summed E-state index contributed by atoms with van der Waals surface area (Å²) in [6, 6.07) is 8.61. The van der Waals surface area contributed by atoms with Crippen LogP contribution in [0.4, 0.5) is 5.69 Å². The summed E-state index contributed by atoms with van der Waals surface area (Å²) < 4.78 is 0. The molecule has 2 aliphatic heterocycles. The fraction of sp³-hybridized carbons (Fsp3) is 0.591. The molecule has 2 heterocycles. The minimum absolute atomic E-state index is 0. The third-order valence-corrected chi connectivity index (χ3v) is 6.66. The Balaban J connectivity index is 0.00000210. The van der Waals surface area contributed by atoms with Gasteiger partial charge in [0.25, 0.3) is 0 Å². The number of carbonyl (C=O) groups excluding carboxylic acids is 1. The van der Waals surface area contributed by atoms with Gasteiger partial charge in [-0.1, -0.05) is 37.3 Å². The Hall–Kier alpha value is -1.81. The Labute approximate surface area is 158 Å². The predicted molar refractivity (Wildman–Crippen MR) is 108 cm³/mol. The number of rotatable bonds is 4. The van der Waals surface area contributed by atoms with Crippen molar-refractivity contribution in [3.05, 3.63) is 42.0 Å². The number of anilines is 1. The van der Waals surface area contributed by atoms with Crippen LogP contribution in [0.1, 0.15) is 46.5 Å². The van der Waals surface area contributed by atoms with E-state index in [1.807, 2.05) is 0 Å². The average molecular weight is 356 g/mol. The summed E-state index contributed by atoms with van der Waals surface area (Å²) in [6.45, 7) is 8.43. The zero-order valence-electron chi connectivity index (χ0n) is 16.1. The number of likely N-dealkylation sites (tertiary alicyclic amines) is 1. The highest BCUT2D eigenvalue weighted by Crippen LogP contribution is 2.46. The van der Waals surface area contributed by atoms with Crippen molar-refractivity contribution in [3.8, 4) is 0 Å². The zero-order valence-corrected chi connectivity index (χ0v) is 16.1. The standard InChI is InChI=1S/C22H31N3O.H2/c1-17(19-7-3-4-8-19)15-24-13-11-22(12-14-24)16-25(23-18(2)26)21-10-6-5-9-20(21)22;/h3,5-7,9-10,17,19H,4,8,11-16H2,1-2H3,(H,23,26);1H/t17-,19+;/m1./s1. The molecule has 4 heteroatoms. The van der Waals surface area contributed by atoms with Gasteiger partial charge in [0.1, 0.15) is 0 Å². The largest absolute Gasteiger partial charge is 0.303 e. The molecule has 0 unspecified atom stereocenters. The Bertz CT molecular complexity index is 697. The minimum Gasteiger partial charge on any atom is -0.303 e. The van der Waals surface area contributed by atoms with Crippen LogP contribution in [0.5, 0.6) is 0 Å². The van der Waals surface area contributed by atoms with Crippen molar-refractivity contribution in [1.82, 2.24) is 10.3 Å². The molecular formula is C22H33N3O. The number of amides is 1. The summed E-state index contributed by atoms with van der Waals surface area (Å²) in [6.07, 6.45) is 9.71. The number of hydrogen-bond acceptors (Lipinski definition) is 3. The van der Waals surface area contributed by atoms with Crippen LogP contribution < -0.4 is 10.4 Å². The molecule has 3 aliphatic rings. The zero-order chi connectivity index (χ0) is 18.1. The first-order valence-electron chi connectivity index (χ1n) is 10.1. The van der Waals surface area contributed by atoms with E-state index in [-0.39, 0.29) is 12.7 Å². The maximum absolute atomic E-state index is 11.6. The summed E-state index contributed by atoms with van der Waals surface area (Å²) in [7, 11) is 0. The highest BCUT2D eigenvalue weighted by atomic mass is 16.2. The maximum atomic E-state index is 11.6. The molecule has 1 aromatic carbocycles. The number of hydrogen-bond donors (Lipinski definition) is 1. The minimum atomic E-state index is 0. The fourth-order valence-electron chi connectivity index (χ4n) is 5.18. The van der Waals surface area contributed by atoms with E-state index in [0.29, 0.717) is 0 Å². The molecule has 1 fully saturated rings. The Morgan fingerprint density at radius 3 is 2.81 bits per heavy atom. The van der Waals surface area contributed by atoms with Crippen LogP contribution in [0.15, 0.2) is 36.4 Å². The third kappa shape index (κ3) is 3.27. The normalized spacial score (nSPS) is 25.5. The summed E-state index contributed by atoms with van der Waals surface area (Å²) in [5.41, 5.74) is 5.81. The molecule has 26 heavy (non-hydrogen) atoms. The molecule has 1 amide bonds. The molecule has 1 spiro atoms. The number of para-hydroxylation sites is 1. The Morgan fingerprint density at radius 1 is 1.35 bits per heavy atom. The van der Waals surface area contributed by atoms with E-state index in [0.717, 1.165) is 31.5 Å². The van der Waals surface area contributed by atoms with E-state index in [2.05, 4.69) is 58.7 Å². The van der Waals surface area contributed by atoms with Crippen LogP contribution in [0, 0.1) is 11.8 Å². The van der Waals surface area contributed by atoms with Crippen LogP contribution in [0.3, 0.4) is 0 Å². The molecule has 142 valence electrons. The monoisotopic (exact) mass is 355 g/mol. The van der Waals surface area contributed by atoms with Gasteiger partial charge in [-0.15, -0.1) is 0 Å². The first-order chi connectivity index (χ1) is 12.6. The van der Waals surface area contributed by atoms with Gasteiger partial charge in [0.05, 0.1) is 5.69 Å². The number of piperidine rings is 1. The quantitative estimate of drug-likeness (QED) is 0.836. The molecule has 0 aromatic heterocycles. The van der Waals surface area contributed by atoms with Crippen LogP contribution >= 0.6 is 0 Å². The van der Waals surface area contributed by atoms with Crippen LogP contribution in [0.2, 0.25) is 0 Å². The molecule has 0 radical (unpaired) electrons. The number of nitrogens with zero attached hydrogens (tertiary/aromatic N) is 2. The summed E-state index contributed by atoms with van der Waals surface area (Å²) in [4.78, 5) is 14.3. The van der Waals surface area contributed by atoms with E-state index < -0.39 is 0 Å². The highest BCUT2D eigenvalue weighted by molar-refractivity contribution is 5.77. The second-order valence-corrected chi connectivity index (χ2v) is 8.50. The van der Waals surface area contributed by atoms with E-state index in [9.17, 15) is 4.79 Å². The molecule has 1 saturated heterocycles. The number of benzene rings is 1. The average Bonchev–Trinajstić information content (AvgIpc) is 3.25. The van der Waals surface area contributed by atoms with E-state index in [4.69, 9.17) is 0 Å². The molecule has 0 saturated carbocycles. The number of allylic oxidation sites excluding steroid dienone is 2. The molecule has 4 rings (SSSR count). The Morgan fingerprint density at radius 2 is 2.12 bits per heavy atom. The van der Waals surface area contributed by atoms with E-state index in [1.54, 1.807) is 6.92 Å². The topological polar surface area (TPSA) is 35.6 Å². The van der Waals surface area contributed by atoms with Crippen molar-refractivity contribution in [3.63, 3.8) is 0 Å². The van der Waals surface area contributed by atoms with Gasteiger partial charge < -0.3 is 4.90 Å². The summed E-state index contributed by atoms with van der Waals surface area (Å²) in [5.74, 6) is 1.52. The lowest BCUT2D eigenvalue weighted by Crippen LogP contribution is -2.49. The number of fused-ring (bicyclic) bond motifs is 2. The first kappa shape index (κ1) is 17.6. The number of nitrogens with one attached hydrogen (secondary N) is 1. The van der Waals surface area contributed by atoms with Crippen LogP contribution in [-0.4, -0.2) is 37.0 Å². The SMILES string of the molecule is CC(=O)NN1CC2(CCN(C[C@@H](C)[C@H]3C=CCC3)CC2)c2ccccc21.[HH]. The van der Waals surface area contributed by atoms with Crippen molar-refractivity contribution < 1.29 is 6.22 Å². The Kier molecular flexibility index (Phi) is 4.78. The highest BCUT2D eigenvalue weighted by Gasteiger charge is 2.45. The summed E-state index contributed by atoms with van der Waals surface area (Å²) >= 11 is 0. The lowest BCUT2D eigenvalue weighted by Gasteiger charge is -2.41. The lowest BCUT2D eigenvalue weighted by atomic mass is 9.74. The fourth-order valence-corrected chi connectivity index (χ4v) is 5.18. The van der Waals surface area contributed by atoms with Crippen molar-refractivity contribution >= 4 is 11.6 Å². The van der Waals surface area contributed by atoms with Gasteiger partial charge in [0.2, 0.25) is 5.91 Å². The second kappa shape index (κ2) is 7.07. The van der Waals surface area contributed by atoms with E-state index >= 15 is 0 Å². The maximum Gasteiger partial charge on any atom is 0.235 e. The lowest BCUT2D eigenvalue weighted by molar-refractivity contribution is -0.119. The molecule has 4 nitrogen and oxygen atoms in total. The molecule has 2 atom stereocenters. The molecule has 1 N–H and O–H groups in total. The number of hydrazine groups is 1. The second-order valence-electron chi connectivity index (χ2n) is 8.50. The predicted octanol–water partition coefficient (Wildman–Crippen LogP) is 3.74. The van der Waals surface area contributed by atoms with E-state index in [1.165, 1.54) is 43.5 Å². The van der Waals surface area contributed by atoms with Crippen LogP contribution in [-0.2, 0) is 10.2 Å². The van der Waals surface area contributed by atoms with Gasteiger partial charge in [-0.25, -0.2) is 0 Å². The van der Waals surface area contributed by atoms with Crippen LogP contribution in [0.25, 0.3) is 0 Å². The first-order valence-corrected chi connectivity index (χ1v) is 10.1. The van der Waals surface area contributed by atoms with Crippen molar-refractivity contribution in [2.24, 2.45) is 11.8 Å². The third-order valence-electron chi connectivity index (χ3n) is 6.66. The summed E-state index contributed by atoms with van der Waals surface area (Å²) in [5, 5.41) is 2.07. The number of carbonyl (C=O) groups is 1. The van der Waals surface area contributed by atoms with Crippen molar-refractivity contribution in [2.45, 2.75) is 44.9 Å². The smallest absolute Gasteiger partial charge is 0.235 e.